The maximum absolute atomic E-state index is 12.7. The van der Waals surface area contributed by atoms with E-state index < -0.39 is 11.4 Å². The van der Waals surface area contributed by atoms with Crippen LogP contribution in [0.25, 0.3) is 10.9 Å². The number of aromatic nitrogens is 1. The van der Waals surface area contributed by atoms with E-state index in [4.69, 9.17) is 0 Å². The molecule has 6 nitrogen and oxygen atoms in total. The Morgan fingerprint density at radius 2 is 1.87 bits per heavy atom. The normalized spacial score (nSPS) is 12.3. The molecule has 2 aromatic carbocycles. The first-order valence-corrected chi connectivity index (χ1v) is 10.4. The third kappa shape index (κ3) is 4.91. The number of carboxylic acids is 1. The van der Waals surface area contributed by atoms with Gasteiger partial charge in [0.25, 0.3) is 0 Å². The lowest BCUT2D eigenvalue weighted by Crippen LogP contribution is -2.19. The molecule has 2 N–H and O–H groups in total. The Morgan fingerprint density at radius 1 is 1.13 bits per heavy atom. The number of benzene rings is 2. The molecule has 3 rings (SSSR count). The summed E-state index contributed by atoms with van der Waals surface area (Å²) < 4.78 is 1.59. The van der Waals surface area contributed by atoms with Crippen LogP contribution in [-0.4, -0.2) is 33.6 Å². The fourth-order valence-corrected chi connectivity index (χ4v) is 4.07. The predicted molar refractivity (Wildman–Crippen MR) is 120 cm³/mol. The second-order valence-corrected chi connectivity index (χ2v) is 8.12. The van der Waals surface area contributed by atoms with Crippen LogP contribution in [0.4, 0.5) is 0 Å². The van der Waals surface area contributed by atoms with Crippen LogP contribution in [0.5, 0.6) is 0 Å². The first kappa shape index (κ1) is 22.4. The fourth-order valence-electron chi connectivity index (χ4n) is 4.07. The van der Waals surface area contributed by atoms with Crippen molar-refractivity contribution >= 4 is 23.2 Å². The Labute approximate surface area is 180 Å². The topological polar surface area (TPSA) is 96.6 Å². The number of carboxylic acid groups (broad SMARTS) is 1. The van der Waals surface area contributed by atoms with Gasteiger partial charge in [0.1, 0.15) is 11.8 Å². The van der Waals surface area contributed by atoms with E-state index in [1.165, 1.54) is 6.20 Å². The number of pyridine rings is 1. The molecule has 1 heterocycles. The molecular weight excluding hydrogens is 394 g/mol. The van der Waals surface area contributed by atoms with Gasteiger partial charge in [0.2, 0.25) is 5.43 Å². The van der Waals surface area contributed by atoms with Crippen molar-refractivity contribution in [1.82, 2.24) is 4.57 Å². The molecular formula is C25H27NO5. The van der Waals surface area contributed by atoms with Crippen LogP contribution < -0.4 is 5.43 Å². The van der Waals surface area contributed by atoms with Crippen LogP contribution in [0.2, 0.25) is 0 Å². The third-order valence-electron chi connectivity index (χ3n) is 5.66. The van der Waals surface area contributed by atoms with Crippen molar-refractivity contribution in [2.75, 3.05) is 6.61 Å². The van der Waals surface area contributed by atoms with Gasteiger partial charge in [-0.15, -0.1) is 0 Å². The second kappa shape index (κ2) is 9.71. The predicted octanol–water partition coefficient (Wildman–Crippen LogP) is 3.61. The molecule has 0 saturated heterocycles. The Balaban J connectivity index is 2.02. The molecule has 0 bridgehead atoms. The van der Waals surface area contributed by atoms with Crippen LogP contribution in [0, 0.1) is 5.92 Å². The van der Waals surface area contributed by atoms with Crippen LogP contribution >= 0.6 is 0 Å². The summed E-state index contributed by atoms with van der Waals surface area (Å²) in [4.78, 5) is 35.3. The highest BCUT2D eigenvalue weighted by atomic mass is 16.4. The average Bonchev–Trinajstić information content (AvgIpc) is 2.74. The van der Waals surface area contributed by atoms with Crippen molar-refractivity contribution in [3.63, 3.8) is 0 Å². The SMILES string of the molecule is CC(C)C(CC=O)c1cccc(Cc2ccc3c(c2)c(=O)c(C(=O)O)cn3CCO)c1. The average molecular weight is 421 g/mol. The summed E-state index contributed by atoms with van der Waals surface area (Å²) in [7, 11) is 0. The number of rotatable bonds is 9. The quantitative estimate of drug-likeness (QED) is 0.515. The van der Waals surface area contributed by atoms with Gasteiger partial charge in [-0.1, -0.05) is 44.2 Å². The zero-order valence-corrected chi connectivity index (χ0v) is 17.7. The smallest absolute Gasteiger partial charge is 0.341 e. The number of carbonyl (C=O) groups excluding carboxylic acids is 1. The number of aliphatic hydroxyl groups is 1. The highest BCUT2D eigenvalue weighted by Crippen LogP contribution is 2.28. The van der Waals surface area contributed by atoms with Gasteiger partial charge in [-0.2, -0.15) is 0 Å². The number of aldehydes is 1. The van der Waals surface area contributed by atoms with Gasteiger partial charge in [-0.25, -0.2) is 4.79 Å². The summed E-state index contributed by atoms with van der Waals surface area (Å²) in [5.41, 5.74) is 2.80. The monoisotopic (exact) mass is 421 g/mol. The molecule has 6 heteroatoms. The zero-order chi connectivity index (χ0) is 22.5. The largest absolute Gasteiger partial charge is 0.477 e. The number of aliphatic hydroxyl groups excluding tert-OH is 1. The van der Waals surface area contributed by atoms with Crippen LogP contribution in [-0.2, 0) is 17.8 Å². The number of hydrogen-bond donors (Lipinski definition) is 2. The minimum atomic E-state index is -1.29. The van der Waals surface area contributed by atoms with Crippen LogP contribution in [0.1, 0.15) is 53.2 Å². The first-order valence-electron chi connectivity index (χ1n) is 10.4. The molecule has 0 fully saturated rings. The first-order chi connectivity index (χ1) is 14.8. The van der Waals surface area contributed by atoms with Gasteiger partial charge in [-0.05, 0) is 47.1 Å². The van der Waals surface area contributed by atoms with Crippen molar-refractivity contribution in [3.8, 4) is 0 Å². The molecule has 0 spiro atoms. The lowest BCUT2D eigenvalue weighted by molar-refractivity contribution is -0.108. The van der Waals surface area contributed by atoms with E-state index in [0.717, 1.165) is 23.0 Å². The van der Waals surface area contributed by atoms with Crippen LogP contribution in [0.15, 0.2) is 53.5 Å². The molecule has 1 atom stereocenters. The van der Waals surface area contributed by atoms with Crippen molar-refractivity contribution in [3.05, 3.63) is 81.1 Å². The van der Waals surface area contributed by atoms with Crippen molar-refractivity contribution in [2.45, 2.75) is 39.2 Å². The summed E-state index contributed by atoms with van der Waals surface area (Å²) in [5.74, 6) is -0.801. The van der Waals surface area contributed by atoms with E-state index in [2.05, 4.69) is 19.9 Å². The summed E-state index contributed by atoms with van der Waals surface area (Å²) in [6, 6.07) is 13.5. The Hall–Kier alpha value is -3.25. The fraction of sp³-hybridized carbons (Fsp3) is 0.320. The van der Waals surface area contributed by atoms with Gasteiger partial charge in [0.05, 0.1) is 12.1 Å². The third-order valence-corrected chi connectivity index (χ3v) is 5.66. The van der Waals surface area contributed by atoms with Crippen LogP contribution in [0.3, 0.4) is 0 Å². The van der Waals surface area contributed by atoms with Crippen molar-refractivity contribution in [1.29, 1.82) is 0 Å². The number of hydrogen-bond acceptors (Lipinski definition) is 4. The molecule has 31 heavy (non-hydrogen) atoms. The highest BCUT2D eigenvalue weighted by Gasteiger charge is 2.17. The lowest BCUT2D eigenvalue weighted by atomic mass is 9.85. The summed E-state index contributed by atoms with van der Waals surface area (Å²) >= 11 is 0. The van der Waals surface area contributed by atoms with E-state index in [1.54, 1.807) is 16.7 Å². The molecule has 1 aromatic heterocycles. The highest BCUT2D eigenvalue weighted by molar-refractivity contribution is 5.92. The number of fused-ring (bicyclic) bond motifs is 1. The molecule has 0 amide bonds. The van der Waals surface area contributed by atoms with Crippen molar-refractivity contribution in [2.24, 2.45) is 5.92 Å². The minimum Gasteiger partial charge on any atom is -0.477 e. The van der Waals surface area contributed by atoms with Gasteiger partial charge in [0, 0.05) is 24.5 Å². The van der Waals surface area contributed by atoms with E-state index >= 15 is 0 Å². The van der Waals surface area contributed by atoms with Gasteiger partial charge < -0.3 is 19.6 Å². The molecule has 1 unspecified atom stereocenters. The molecule has 0 radical (unpaired) electrons. The number of aromatic carboxylic acids is 1. The Bertz CT molecular complexity index is 1160. The Kier molecular flexibility index (Phi) is 7.02. The van der Waals surface area contributed by atoms with Crippen molar-refractivity contribution < 1.29 is 19.8 Å². The molecule has 0 aliphatic carbocycles. The standard InChI is InChI=1S/C25H27NO5/c1-16(2)20(8-10-27)19-5-3-4-17(13-19)12-18-6-7-23-21(14-18)24(29)22(25(30)31)15-26(23)9-11-28/h3-7,10,13-16,20,28H,8-9,11-12H2,1-2H3,(H,30,31). The van der Waals surface area contributed by atoms with Gasteiger partial charge in [0.15, 0.2) is 0 Å². The maximum Gasteiger partial charge on any atom is 0.341 e. The second-order valence-electron chi connectivity index (χ2n) is 8.12. The lowest BCUT2D eigenvalue weighted by Gasteiger charge is -2.19. The maximum atomic E-state index is 12.7. The minimum absolute atomic E-state index is 0.151. The molecule has 0 saturated carbocycles. The number of nitrogens with zero attached hydrogens (tertiary/aromatic N) is 1. The molecule has 0 aliphatic rings. The Morgan fingerprint density at radius 3 is 2.52 bits per heavy atom. The summed E-state index contributed by atoms with van der Waals surface area (Å²) in [6.45, 7) is 4.23. The van der Waals surface area contributed by atoms with E-state index in [9.17, 15) is 24.6 Å². The molecule has 0 aliphatic heterocycles. The van der Waals surface area contributed by atoms with Gasteiger partial charge in [-0.3, -0.25) is 4.79 Å². The molecule has 3 aromatic rings. The van der Waals surface area contributed by atoms with Gasteiger partial charge >= 0.3 is 5.97 Å². The van der Waals surface area contributed by atoms with E-state index in [-0.39, 0.29) is 24.6 Å². The van der Waals surface area contributed by atoms with E-state index in [1.807, 2.05) is 24.3 Å². The summed E-state index contributed by atoms with van der Waals surface area (Å²) in [6.07, 6.45) is 3.29. The summed E-state index contributed by atoms with van der Waals surface area (Å²) in [5, 5.41) is 19.0. The number of carbonyl (C=O) groups is 2. The molecule has 162 valence electrons. The van der Waals surface area contributed by atoms with E-state index in [0.29, 0.717) is 29.7 Å². The zero-order valence-electron chi connectivity index (χ0n) is 17.7.